The Morgan fingerprint density at radius 2 is 1.83 bits per heavy atom. The minimum absolute atomic E-state index is 0.673. The van der Waals surface area contributed by atoms with Gasteiger partial charge in [-0.25, -0.2) is 0 Å². The number of rotatable bonds is 3. The van der Waals surface area contributed by atoms with E-state index in [1.807, 2.05) is 43.3 Å². The molecule has 0 N–H and O–H groups in total. The van der Waals surface area contributed by atoms with Crippen LogP contribution in [-0.4, -0.2) is 13.3 Å². The lowest BCUT2D eigenvalue weighted by Crippen LogP contribution is -1.83. The Morgan fingerprint density at radius 1 is 1.06 bits per heavy atom. The van der Waals surface area contributed by atoms with Crippen molar-refractivity contribution in [2.24, 2.45) is 10.2 Å². The van der Waals surface area contributed by atoms with Gasteiger partial charge in [0.2, 0.25) is 0 Å². The first-order valence-corrected chi connectivity index (χ1v) is 5.70. The summed E-state index contributed by atoms with van der Waals surface area (Å²) in [5.74, 6) is 0. The van der Waals surface area contributed by atoms with Gasteiger partial charge in [-0.1, -0.05) is 30.3 Å². The quantitative estimate of drug-likeness (QED) is 0.584. The molecule has 3 nitrogen and oxygen atoms in total. The highest BCUT2D eigenvalue weighted by molar-refractivity contribution is 5.79. The van der Waals surface area contributed by atoms with Crippen molar-refractivity contribution in [3.05, 3.63) is 53.6 Å². The lowest BCUT2D eigenvalue weighted by molar-refractivity contribution is 0.112. The van der Waals surface area contributed by atoms with Crippen molar-refractivity contribution >= 4 is 12.0 Å². The molecule has 0 fully saturated rings. The number of hydrogen-bond acceptors (Lipinski definition) is 3. The molecule has 0 unspecified atom stereocenters. The fourth-order valence-electron chi connectivity index (χ4n) is 1.80. The van der Waals surface area contributed by atoms with Crippen LogP contribution in [0.2, 0.25) is 0 Å². The molecule has 0 bridgehead atoms. The SMILES string of the molecule is CN=Nc1cc(-c2cccc(C=O)c2)ccc1C. The van der Waals surface area contributed by atoms with E-state index in [0.717, 1.165) is 28.7 Å². The van der Waals surface area contributed by atoms with Gasteiger partial charge in [-0.05, 0) is 35.7 Å². The lowest BCUT2D eigenvalue weighted by atomic mass is 10.0. The van der Waals surface area contributed by atoms with Crippen LogP contribution in [0.4, 0.5) is 5.69 Å². The molecule has 0 aliphatic carbocycles. The zero-order valence-electron chi connectivity index (χ0n) is 10.4. The number of aldehydes is 1. The summed E-state index contributed by atoms with van der Waals surface area (Å²) in [5.41, 5.74) is 4.65. The summed E-state index contributed by atoms with van der Waals surface area (Å²) in [5, 5.41) is 7.89. The molecular weight excluding hydrogens is 224 g/mol. The minimum Gasteiger partial charge on any atom is -0.298 e. The third-order valence-corrected chi connectivity index (χ3v) is 2.77. The predicted octanol–water partition coefficient (Wildman–Crippen LogP) is 4.19. The molecule has 0 radical (unpaired) electrons. The van der Waals surface area contributed by atoms with E-state index in [4.69, 9.17) is 0 Å². The number of benzene rings is 2. The van der Waals surface area contributed by atoms with Crippen LogP contribution in [0.15, 0.2) is 52.7 Å². The largest absolute Gasteiger partial charge is 0.298 e. The molecule has 0 atom stereocenters. The Balaban J connectivity index is 2.50. The van der Waals surface area contributed by atoms with Gasteiger partial charge in [-0.15, -0.1) is 0 Å². The molecule has 0 spiro atoms. The fourth-order valence-corrected chi connectivity index (χ4v) is 1.80. The van der Waals surface area contributed by atoms with Gasteiger partial charge in [0, 0.05) is 12.6 Å². The smallest absolute Gasteiger partial charge is 0.150 e. The molecule has 0 aliphatic heterocycles. The summed E-state index contributed by atoms with van der Waals surface area (Å²) in [6.07, 6.45) is 0.852. The second kappa shape index (κ2) is 5.36. The highest BCUT2D eigenvalue weighted by Gasteiger charge is 2.03. The monoisotopic (exact) mass is 238 g/mol. The number of hydrogen-bond donors (Lipinski definition) is 0. The Bertz CT molecular complexity index is 603. The molecule has 0 aliphatic rings. The van der Waals surface area contributed by atoms with Gasteiger partial charge in [0.05, 0.1) is 5.69 Å². The summed E-state index contributed by atoms with van der Waals surface area (Å²) >= 11 is 0. The molecular formula is C15H14N2O. The fraction of sp³-hybridized carbons (Fsp3) is 0.133. The van der Waals surface area contributed by atoms with Gasteiger partial charge < -0.3 is 0 Å². The molecule has 90 valence electrons. The number of carbonyl (C=O) groups excluding carboxylic acids is 1. The first-order valence-electron chi connectivity index (χ1n) is 5.70. The number of azo groups is 1. The normalized spacial score (nSPS) is 10.8. The Kier molecular flexibility index (Phi) is 3.63. The molecule has 0 amide bonds. The van der Waals surface area contributed by atoms with Crippen LogP contribution in [0, 0.1) is 6.92 Å². The van der Waals surface area contributed by atoms with Crippen molar-refractivity contribution in [3.63, 3.8) is 0 Å². The standard InChI is InChI=1S/C15H14N2O/c1-11-6-7-14(9-15(11)17-16-2)13-5-3-4-12(8-13)10-18/h3-10H,1-2H3. The minimum atomic E-state index is 0.673. The maximum atomic E-state index is 10.8. The zero-order chi connectivity index (χ0) is 13.0. The summed E-state index contributed by atoms with van der Waals surface area (Å²) < 4.78 is 0. The van der Waals surface area contributed by atoms with Gasteiger partial charge >= 0.3 is 0 Å². The van der Waals surface area contributed by atoms with E-state index in [1.165, 1.54) is 0 Å². The second-order valence-corrected chi connectivity index (χ2v) is 4.04. The van der Waals surface area contributed by atoms with Crippen molar-refractivity contribution in [3.8, 4) is 11.1 Å². The van der Waals surface area contributed by atoms with Gasteiger partial charge in [-0.2, -0.15) is 10.2 Å². The molecule has 0 saturated carbocycles. The summed E-state index contributed by atoms with van der Waals surface area (Å²) in [4.78, 5) is 10.8. The number of nitrogens with zero attached hydrogens (tertiary/aromatic N) is 2. The van der Waals surface area contributed by atoms with Crippen LogP contribution >= 0.6 is 0 Å². The van der Waals surface area contributed by atoms with E-state index in [1.54, 1.807) is 13.1 Å². The average Bonchev–Trinajstić information content (AvgIpc) is 2.41. The van der Waals surface area contributed by atoms with Gasteiger partial charge in [0.1, 0.15) is 6.29 Å². The number of carbonyl (C=O) groups is 1. The third kappa shape index (κ3) is 2.51. The van der Waals surface area contributed by atoms with Crippen LogP contribution in [0.25, 0.3) is 11.1 Å². The van der Waals surface area contributed by atoms with Gasteiger partial charge in [-0.3, -0.25) is 4.79 Å². The molecule has 2 aromatic carbocycles. The lowest BCUT2D eigenvalue weighted by Gasteiger charge is -2.05. The molecule has 0 saturated heterocycles. The van der Waals surface area contributed by atoms with E-state index in [-0.39, 0.29) is 0 Å². The topological polar surface area (TPSA) is 41.8 Å². The molecule has 0 aromatic heterocycles. The first-order chi connectivity index (χ1) is 8.74. The average molecular weight is 238 g/mol. The van der Waals surface area contributed by atoms with Crippen molar-refractivity contribution in [2.75, 3.05) is 7.05 Å². The summed E-state index contributed by atoms with van der Waals surface area (Å²) in [6, 6.07) is 13.5. The molecule has 2 rings (SSSR count). The summed E-state index contributed by atoms with van der Waals surface area (Å²) in [7, 11) is 1.65. The van der Waals surface area contributed by atoms with Crippen LogP contribution in [0.3, 0.4) is 0 Å². The van der Waals surface area contributed by atoms with Crippen molar-refractivity contribution in [2.45, 2.75) is 6.92 Å². The van der Waals surface area contributed by atoms with Gasteiger partial charge in [0.15, 0.2) is 0 Å². The molecule has 3 heteroatoms. The molecule has 2 aromatic rings. The zero-order valence-corrected chi connectivity index (χ0v) is 10.4. The highest BCUT2D eigenvalue weighted by atomic mass is 16.1. The first kappa shape index (κ1) is 12.2. The van der Waals surface area contributed by atoms with Gasteiger partial charge in [0.25, 0.3) is 0 Å². The predicted molar refractivity (Wildman–Crippen MR) is 72.4 cm³/mol. The maximum Gasteiger partial charge on any atom is 0.150 e. The number of aryl methyl sites for hydroxylation is 1. The molecule has 0 heterocycles. The Morgan fingerprint density at radius 3 is 2.56 bits per heavy atom. The maximum absolute atomic E-state index is 10.8. The Labute approximate surface area is 106 Å². The van der Waals surface area contributed by atoms with Crippen LogP contribution in [0.5, 0.6) is 0 Å². The van der Waals surface area contributed by atoms with Crippen LogP contribution in [0.1, 0.15) is 15.9 Å². The van der Waals surface area contributed by atoms with E-state index in [9.17, 15) is 4.79 Å². The Hall–Kier alpha value is -2.29. The molecule has 18 heavy (non-hydrogen) atoms. The second-order valence-electron chi connectivity index (χ2n) is 4.04. The van der Waals surface area contributed by atoms with Crippen molar-refractivity contribution < 1.29 is 4.79 Å². The van der Waals surface area contributed by atoms with Crippen LogP contribution in [-0.2, 0) is 0 Å². The highest BCUT2D eigenvalue weighted by Crippen LogP contribution is 2.27. The van der Waals surface area contributed by atoms with Crippen molar-refractivity contribution in [1.29, 1.82) is 0 Å². The van der Waals surface area contributed by atoms with E-state index >= 15 is 0 Å². The van der Waals surface area contributed by atoms with E-state index < -0.39 is 0 Å². The van der Waals surface area contributed by atoms with Crippen molar-refractivity contribution in [1.82, 2.24) is 0 Å². The van der Waals surface area contributed by atoms with Crippen LogP contribution < -0.4 is 0 Å². The van der Waals surface area contributed by atoms with E-state index in [2.05, 4.69) is 10.2 Å². The third-order valence-electron chi connectivity index (χ3n) is 2.77. The van der Waals surface area contributed by atoms with E-state index in [0.29, 0.717) is 5.56 Å². The summed E-state index contributed by atoms with van der Waals surface area (Å²) in [6.45, 7) is 2.00.